The van der Waals surface area contributed by atoms with E-state index in [9.17, 15) is 13.2 Å². The highest BCUT2D eigenvalue weighted by Crippen LogP contribution is 2.24. The highest BCUT2D eigenvalue weighted by molar-refractivity contribution is 7.89. The monoisotopic (exact) mass is 297 g/mol. The lowest BCUT2D eigenvalue weighted by Crippen LogP contribution is -2.59. The van der Waals surface area contributed by atoms with Gasteiger partial charge >= 0.3 is 0 Å². The van der Waals surface area contributed by atoms with Crippen LogP contribution in [0.25, 0.3) is 0 Å². The molecule has 1 saturated heterocycles. The minimum atomic E-state index is -3.45. The van der Waals surface area contributed by atoms with Gasteiger partial charge in [0, 0.05) is 27.2 Å². The minimum absolute atomic E-state index is 0.105. The zero-order valence-electron chi connectivity index (χ0n) is 11.8. The predicted octanol–water partition coefficient (Wildman–Crippen LogP) is -0.128. The third kappa shape index (κ3) is 2.44. The summed E-state index contributed by atoms with van der Waals surface area (Å²) in [6.45, 7) is 3.07. The first-order chi connectivity index (χ1) is 9.28. The van der Waals surface area contributed by atoms with Crippen LogP contribution in [-0.2, 0) is 20.4 Å². The van der Waals surface area contributed by atoms with Crippen molar-refractivity contribution in [2.75, 3.05) is 27.2 Å². The Labute approximate surface area is 119 Å². The van der Waals surface area contributed by atoms with Crippen LogP contribution in [0.1, 0.15) is 12.5 Å². The van der Waals surface area contributed by atoms with Gasteiger partial charge in [0.2, 0.25) is 15.9 Å². The summed E-state index contributed by atoms with van der Waals surface area (Å²) in [5, 5.41) is 5.98. The Hall–Kier alpha value is -1.44. The smallest absolute Gasteiger partial charge is 0.244 e. The van der Waals surface area contributed by atoms with Crippen molar-refractivity contribution < 1.29 is 13.2 Å². The predicted molar refractivity (Wildman–Crippen MR) is 75.7 cm³/mol. The topological polar surface area (TPSA) is 78.5 Å². The molecule has 110 valence electrons. The summed E-state index contributed by atoms with van der Waals surface area (Å²) in [6, 6.07) is 6.40. The van der Waals surface area contributed by atoms with Gasteiger partial charge in [0.05, 0.1) is 4.90 Å². The van der Waals surface area contributed by atoms with Gasteiger partial charge in [-0.25, -0.2) is 12.7 Å². The molecule has 2 N–H and O–H groups in total. The van der Waals surface area contributed by atoms with E-state index in [4.69, 9.17) is 0 Å². The molecule has 0 radical (unpaired) electrons. The van der Waals surface area contributed by atoms with Crippen LogP contribution in [0.4, 0.5) is 0 Å². The van der Waals surface area contributed by atoms with E-state index >= 15 is 0 Å². The SMILES string of the molecule is CN(C)S(=O)(=O)c1ccc(C2(C)NCCNC2=O)cc1. The van der Waals surface area contributed by atoms with E-state index in [0.717, 1.165) is 9.87 Å². The molecule has 1 amide bonds. The molecule has 0 saturated carbocycles. The summed E-state index contributed by atoms with van der Waals surface area (Å²) in [4.78, 5) is 12.2. The molecule has 1 aliphatic rings. The van der Waals surface area contributed by atoms with E-state index in [1.165, 1.54) is 26.2 Å². The van der Waals surface area contributed by atoms with Crippen molar-refractivity contribution in [2.45, 2.75) is 17.4 Å². The average molecular weight is 297 g/mol. The molecule has 0 bridgehead atoms. The van der Waals surface area contributed by atoms with Gasteiger partial charge in [0.1, 0.15) is 5.54 Å². The van der Waals surface area contributed by atoms with E-state index in [2.05, 4.69) is 10.6 Å². The lowest BCUT2D eigenvalue weighted by molar-refractivity contribution is -0.128. The molecule has 1 heterocycles. The zero-order valence-corrected chi connectivity index (χ0v) is 12.6. The molecule has 1 fully saturated rings. The van der Waals surface area contributed by atoms with E-state index in [0.29, 0.717) is 13.1 Å². The summed E-state index contributed by atoms with van der Waals surface area (Å²) in [5.41, 5.74) is -0.0778. The van der Waals surface area contributed by atoms with E-state index in [1.807, 2.05) is 0 Å². The summed E-state index contributed by atoms with van der Waals surface area (Å²) < 4.78 is 25.2. The van der Waals surface area contributed by atoms with Gasteiger partial charge in [0.25, 0.3) is 0 Å². The van der Waals surface area contributed by atoms with E-state index in [1.54, 1.807) is 19.1 Å². The highest BCUT2D eigenvalue weighted by Gasteiger charge is 2.37. The third-order valence-electron chi connectivity index (χ3n) is 3.55. The molecule has 1 aliphatic heterocycles. The van der Waals surface area contributed by atoms with Gasteiger partial charge < -0.3 is 5.32 Å². The Morgan fingerprint density at radius 1 is 1.15 bits per heavy atom. The average Bonchev–Trinajstić information content (AvgIpc) is 2.42. The first kappa shape index (κ1) is 15.0. The lowest BCUT2D eigenvalue weighted by atomic mass is 9.89. The van der Waals surface area contributed by atoms with E-state index < -0.39 is 15.6 Å². The molecule has 2 rings (SSSR count). The first-order valence-corrected chi connectivity index (χ1v) is 7.79. The van der Waals surface area contributed by atoms with Crippen LogP contribution in [0.3, 0.4) is 0 Å². The van der Waals surface area contributed by atoms with Gasteiger partial charge in [-0.15, -0.1) is 0 Å². The van der Waals surface area contributed by atoms with Crippen LogP contribution < -0.4 is 10.6 Å². The summed E-state index contributed by atoms with van der Waals surface area (Å²) >= 11 is 0. The highest BCUT2D eigenvalue weighted by atomic mass is 32.2. The molecule has 20 heavy (non-hydrogen) atoms. The fourth-order valence-electron chi connectivity index (χ4n) is 2.15. The maximum atomic E-state index is 12.0. The molecule has 1 aromatic rings. The Morgan fingerprint density at radius 3 is 2.25 bits per heavy atom. The van der Waals surface area contributed by atoms with E-state index in [-0.39, 0.29) is 10.8 Å². The van der Waals surface area contributed by atoms with Crippen molar-refractivity contribution >= 4 is 15.9 Å². The molecule has 6 nitrogen and oxygen atoms in total. The first-order valence-electron chi connectivity index (χ1n) is 6.35. The second-order valence-electron chi connectivity index (χ2n) is 5.12. The number of carbonyl (C=O) groups excluding carboxylic acids is 1. The molecule has 1 atom stereocenters. The molecule has 0 aliphatic carbocycles. The Kier molecular flexibility index (Phi) is 3.86. The van der Waals surface area contributed by atoms with Crippen LogP contribution in [0, 0.1) is 0 Å². The molecular formula is C13H19N3O3S. The van der Waals surface area contributed by atoms with Gasteiger partial charge in [-0.05, 0) is 24.6 Å². The fourth-order valence-corrected chi connectivity index (χ4v) is 3.05. The Bertz CT molecular complexity index is 610. The molecule has 1 unspecified atom stereocenters. The summed E-state index contributed by atoms with van der Waals surface area (Å²) in [6.07, 6.45) is 0. The molecule has 7 heteroatoms. The number of carbonyl (C=O) groups is 1. The van der Waals surface area contributed by atoms with Crippen molar-refractivity contribution in [2.24, 2.45) is 0 Å². The van der Waals surface area contributed by atoms with Gasteiger partial charge in [-0.3, -0.25) is 10.1 Å². The number of nitrogens with one attached hydrogen (secondary N) is 2. The van der Waals surface area contributed by atoms with Crippen LogP contribution in [0.2, 0.25) is 0 Å². The largest absolute Gasteiger partial charge is 0.353 e. The number of hydrogen-bond acceptors (Lipinski definition) is 4. The summed E-state index contributed by atoms with van der Waals surface area (Å²) in [5.74, 6) is -0.105. The number of amides is 1. The zero-order chi connectivity index (χ0) is 15.0. The maximum Gasteiger partial charge on any atom is 0.244 e. The van der Waals surface area contributed by atoms with Crippen molar-refractivity contribution in [1.82, 2.24) is 14.9 Å². The van der Waals surface area contributed by atoms with Crippen molar-refractivity contribution in [3.8, 4) is 0 Å². The third-order valence-corrected chi connectivity index (χ3v) is 5.38. The van der Waals surface area contributed by atoms with Crippen molar-refractivity contribution in [3.63, 3.8) is 0 Å². The van der Waals surface area contributed by atoms with Crippen molar-refractivity contribution in [3.05, 3.63) is 29.8 Å². The molecule has 0 spiro atoms. The van der Waals surface area contributed by atoms with Crippen molar-refractivity contribution in [1.29, 1.82) is 0 Å². The minimum Gasteiger partial charge on any atom is -0.353 e. The van der Waals surface area contributed by atoms with Crippen LogP contribution in [0.15, 0.2) is 29.2 Å². The molecule has 0 aromatic heterocycles. The number of benzene rings is 1. The standard InChI is InChI=1S/C13H19N3O3S/c1-13(12(17)14-8-9-15-13)10-4-6-11(7-5-10)20(18,19)16(2)3/h4-7,15H,8-9H2,1-3H3,(H,14,17). The number of hydrogen-bond donors (Lipinski definition) is 2. The number of piperazine rings is 1. The van der Waals surface area contributed by atoms with Crippen LogP contribution >= 0.6 is 0 Å². The normalized spacial score (nSPS) is 23.7. The van der Waals surface area contributed by atoms with Crippen LogP contribution in [-0.4, -0.2) is 45.8 Å². The molecular weight excluding hydrogens is 278 g/mol. The second kappa shape index (κ2) is 5.16. The quantitative estimate of drug-likeness (QED) is 0.815. The maximum absolute atomic E-state index is 12.0. The Morgan fingerprint density at radius 2 is 1.75 bits per heavy atom. The fraction of sp³-hybridized carbons (Fsp3) is 0.462. The van der Waals surface area contributed by atoms with Gasteiger partial charge in [-0.1, -0.05) is 12.1 Å². The lowest BCUT2D eigenvalue weighted by Gasteiger charge is -2.34. The van der Waals surface area contributed by atoms with Crippen LogP contribution in [0.5, 0.6) is 0 Å². The summed E-state index contributed by atoms with van der Waals surface area (Å²) in [7, 11) is -0.472. The molecule has 1 aromatic carbocycles. The van der Waals surface area contributed by atoms with Gasteiger partial charge in [-0.2, -0.15) is 0 Å². The second-order valence-corrected chi connectivity index (χ2v) is 7.27. The van der Waals surface area contributed by atoms with Gasteiger partial charge in [0.15, 0.2) is 0 Å². The Balaban J connectivity index is 2.36. The number of rotatable bonds is 3. The number of sulfonamides is 1. The number of nitrogens with zero attached hydrogens (tertiary/aromatic N) is 1.